The molecule has 4 heterocycles. The van der Waals surface area contributed by atoms with E-state index in [-0.39, 0.29) is 11.7 Å². The zero-order chi connectivity index (χ0) is 27.1. The van der Waals surface area contributed by atoms with Crippen LogP contribution in [0.3, 0.4) is 0 Å². The zero-order valence-electron chi connectivity index (χ0n) is 20.9. The fraction of sp³-hybridized carbons (Fsp3) is 0. The van der Waals surface area contributed by atoms with Gasteiger partial charge in [0.15, 0.2) is 11.5 Å². The number of rotatable bonds is 5. The highest BCUT2D eigenvalue weighted by Gasteiger charge is 2.17. The number of H-pyrrole nitrogens is 2. The third-order valence-electron chi connectivity index (χ3n) is 6.69. The quantitative estimate of drug-likeness (QED) is 0.234. The standard InChI is InChI=1S/C31H20FN7O/c32-25-11-5-4-9-22(25)23-10-6-12-26-27(23)37-30(36-26)28-24-14-20(16-34-29(24)39-38-28)19-13-21(17-33-15-19)35-31(40)18-7-2-1-3-8-18/h1-17H,(H,35,40)(H,36,37)(H,34,38,39). The van der Waals surface area contributed by atoms with Gasteiger partial charge in [0.2, 0.25) is 0 Å². The minimum atomic E-state index is -0.309. The Morgan fingerprint density at radius 2 is 1.62 bits per heavy atom. The fourth-order valence-electron chi connectivity index (χ4n) is 4.74. The SMILES string of the molecule is O=C(Nc1cncc(-c2cnc3n[nH]c(-c4nc5c(-c6ccccc6F)cccc5[nH]4)c3c2)c1)c1ccccc1. The molecule has 0 aliphatic carbocycles. The molecule has 40 heavy (non-hydrogen) atoms. The first kappa shape index (κ1) is 23.4. The molecule has 0 saturated heterocycles. The van der Waals surface area contributed by atoms with Crippen LogP contribution >= 0.6 is 0 Å². The summed E-state index contributed by atoms with van der Waals surface area (Å²) < 4.78 is 14.6. The number of nitrogens with one attached hydrogen (secondary N) is 3. The molecular weight excluding hydrogens is 505 g/mol. The van der Waals surface area contributed by atoms with Crippen molar-refractivity contribution in [3.63, 3.8) is 0 Å². The van der Waals surface area contributed by atoms with Crippen LogP contribution in [0.2, 0.25) is 0 Å². The first-order valence-electron chi connectivity index (χ1n) is 12.5. The summed E-state index contributed by atoms with van der Waals surface area (Å²) in [5.74, 6) is 0.0308. The molecule has 0 aliphatic rings. The van der Waals surface area contributed by atoms with Gasteiger partial charge < -0.3 is 10.3 Å². The maximum absolute atomic E-state index is 14.6. The molecule has 7 rings (SSSR count). The third kappa shape index (κ3) is 4.15. The summed E-state index contributed by atoms with van der Waals surface area (Å²) in [4.78, 5) is 29.6. The van der Waals surface area contributed by atoms with Crippen LogP contribution in [0.1, 0.15) is 10.4 Å². The smallest absolute Gasteiger partial charge is 0.255 e. The summed E-state index contributed by atoms with van der Waals surface area (Å²) in [6.45, 7) is 0. The predicted octanol–water partition coefficient (Wildman–Crippen LogP) is 6.62. The van der Waals surface area contributed by atoms with Crippen LogP contribution in [0.15, 0.2) is 104 Å². The Hall–Kier alpha value is -5.70. The second-order valence-electron chi connectivity index (χ2n) is 9.24. The lowest BCUT2D eigenvalue weighted by Crippen LogP contribution is -2.11. The summed E-state index contributed by atoms with van der Waals surface area (Å²) in [5, 5.41) is 11.0. The van der Waals surface area contributed by atoms with Crippen LogP contribution in [0.5, 0.6) is 0 Å². The van der Waals surface area contributed by atoms with Gasteiger partial charge in [-0.1, -0.05) is 48.5 Å². The number of hydrogen-bond donors (Lipinski definition) is 3. The zero-order valence-corrected chi connectivity index (χ0v) is 20.9. The van der Waals surface area contributed by atoms with E-state index >= 15 is 0 Å². The second-order valence-corrected chi connectivity index (χ2v) is 9.24. The summed E-state index contributed by atoms with van der Waals surface area (Å²) >= 11 is 0. The predicted molar refractivity (Wildman–Crippen MR) is 152 cm³/mol. The molecule has 4 aromatic heterocycles. The molecule has 0 spiro atoms. The maximum Gasteiger partial charge on any atom is 0.255 e. The third-order valence-corrected chi connectivity index (χ3v) is 6.69. The van der Waals surface area contributed by atoms with E-state index in [0.29, 0.717) is 45.1 Å². The molecule has 9 heteroatoms. The Bertz CT molecular complexity index is 2030. The first-order valence-corrected chi connectivity index (χ1v) is 12.5. The summed E-state index contributed by atoms with van der Waals surface area (Å²) in [6.07, 6.45) is 5.02. The van der Waals surface area contributed by atoms with Gasteiger partial charge in [-0.15, -0.1) is 0 Å². The molecule has 3 N–H and O–H groups in total. The Kier molecular flexibility index (Phi) is 5.59. The number of halogens is 1. The Morgan fingerprint density at radius 1 is 0.825 bits per heavy atom. The van der Waals surface area contributed by atoms with Crippen molar-refractivity contribution in [2.24, 2.45) is 0 Å². The number of nitrogens with zero attached hydrogens (tertiary/aromatic N) is 4. The number of amides is 1. The van der Waals surface area contributed by atoms with Crippen LogP contribution in [-0.4, -0.2) is 36.0 Å². The number of carbonyl (C=O) groups is 1. The molecule has 8 nitrogen and oxygen atoms in total. The number of para-hydroxylation sites is 1. The van der Waals surface area contributed by atoms with Gasteiger partial charge >= 0.3 is 0 Å². The first-order chi connectivity index (χ1) is 19.6. The Morgan fingerprint density at radius 3 is 2.50 bits per heavy atom. The van der Waals surface area contributed by atoms with Crippen LogP contribution in [-0.2, 0) is 0 Å². The molecule has 0 atom stereocenters. The van der Waals surface area contributed by atoms with E-state index in [2.05, 4.69) is 30.5 Å². The number of anilines is 1. The van der Waals surface area contributed by atoms with E-state index in [1.165, 1.54) is 6.07 Å². The van der Waals surface area contributed by atoms with E-state index in [9.17, 15) is 9.18 Å². The molecule has 0 fully saturated rings. The van der Waals surface area contributed by atoms with Crippen molar-refractivity contribution in [2.45, 2.75) is 0 Å². The molecule has 0 radical (unpaired) electrons. The highest BCUT2D eigenvalue weighted by molar-refractivity contribution is 6.04. The van der Waals surface area contributed by atoms with Crippen molar-refractivity contribution in [1.29, 1.82) is 0 Å². The van der Waals surface area contributed by atoms with Gasteiger partial charge in [0.25, 0.3) is 5.91 Å². The van der Waals surface area contributed by atoms with E-state index in [1.807, 2.05) is 48.5 Å². The number of aromatic amines is 2. The van der Waals surface area contributed by atoms with Crippen LogP contribution in [0.4, 0.5) is 10.1 Å². The lowest BCUT2D eigenvalue weighted by molar-refractivity contribution is 0.102. The topological polar surface area (TPSA) is 112 Å². The van der Waals surface area contributed by atoms with E-state index < -0.39 is 0 Å². The van der Waals surface area contributed by atoms with Crippen molar-refractivity contribution in [1.82, 2.24) is 30.1 Å². The number of fused-ring (bicyclic) bond motifs is 2. The van der Waals surface area contributed by atoms with E-state index in [0.717, 1.165) is 22.0 Å². The number of benzene rings is 3. The molecule has 1 amide bonds. The summed E-state index contributed by atoms with van der Waals surface area (Å²) in [5.41, 5.74) is 6.48. The van der Waals surface area contributed by atoms with E-state index in [4.69, 9.17) is 4.98 Å². The minimum absolute atomic E-state index is 0.218. The van der Waals surface area contributed by atoms with Gasteiger partial charge in [0, 0.05) is 40.2 Å². The lowest BCUT2D eigenvalue weighted by Gasteiger charge is -2.07. The molecule has 192 valence electrons. The number of pyridine rings is 2. The largest absolute Gasteiger partial charge is 0.337 e. The normalized spacial score (nSPS) is 11.2. The Balaban J connectivity index is 1.26. The highest BCUT2D eigenvalue weighted by atomic mass is 19.1. The highest BCUT2D eigenvalue weighted by Crippen LogP contribution is 2.33. The molecule has 0 unspecified atom stereocenters. The molecular formula is C31H20FN7O. The Labute approximate surface area is 227 Å². The van der Waals surface area contributed by atoms with Crippen molar-refractivity contribution in [3.8, 4) is 33.8 Å². The van der Waals surface area contributed by atoms with Gasteiger partial charge in [-0.3, -0.25) is 14.9 Å². The van der Waals surface area contributed by atoms with Crippen LogP contribution in [0.25, 0.3) is 55.8 Å². The van der Waals surface area contributed by atoms with Crippen molar-refractivity contribution < 1.29 is 9.18 Å². The summed E-state index contributed by atoms with van der Waals surface area (Å²) in [7, 11) is 0. The molecule has 0 bridgehead atoms. The van der Waals surface area contributed by atoms with Gasteiger partial charge in [0.1, 0.15) is 11.5 Å². The van der Waals surface area contributed by atoms with Crippen molar-refractivity contribution in [2.75, 3.05) is 5.32 Å². The average Bonchev–Trinajstić information content (AvgIpc) is 3.62. The number of carbonyl (C=O) groups excluding carboxylic acids is 1. The molecule has 0 aliphatic heterocycles. The lowest BCUT2D eigenvalue weighted by atomic mass is 10.0. The van der Waals surface area contributed by atoms with Gasteiger partial charge in [0.05, 0.1) is 28.3 Å². The fourth-order valence-corrected chi connectivity index (χ4v) is 4.74. The van der Waals surface area contributed by atoms with Crippen LogP contribution in [0, 0.1) is 5.82 Å². The molecule has 3 aromatic carbocycles. The monoisotopic (exact) mass is 525 g/mol. The van der Waals surface area contributed by atoms with Crippen molar-refractivity contribution >= 4 is 33.7 Å². The van der Waals surface area contributed by atoms with Gasteiger partial charge in [-0.25, -0.2) is 14.4 Å². The number of imidazole rings is 1. The van der Waals surface area contributed by atoms with Crippen molar-refractivity contribution in [3.05, 3.63) is 115 Å². The second kappa shape index (κ2) is 9.55. The van der Waals surface area contributed by atoms with Gasteiger partial charge in [-0.05, 0) is 36.4 Å². The molecule has 7 aromatic rings. The maximum atomic E-state index is 14.6. The number of aromatic nitrogens is 6. The summed E-state index contributed by atoms with van der Waals surface area (Å²) in [6, 6.07) is 25.1. The average molecular weight is 526 g/mol. The molecule has 0 saturated carbocycles. The van der Waals surface area contributed by atoms with Crippen LogP contribution < -0.4 is 5.32 Å². The minimum Gasteiger partial charge on any atom is -0.337 e. The van der Waals surface area contributed by atoms with Gasteiger partial charge in [-0.2, -0.15) is 5.10 Å². The van der Waals surface area contributed by atoms with E-state index in [1.54, 1.807) is 48.9 Å². The number of hydrogen-bond acceptors (Lipinski definition) is 5.